The standard InChI is InChI=1S/C26H26N2O7/c1-33-19-7-3-5-17-15-20(35-25(17)19)23(30)21-22(16-4-2-6-18(29)14-16)28(26(32)24(21)31)9-8-27-10-12-34-13-11-27/h2-7,14-15,22,29,31H,8-13H2,1H3. The molecule has 1 unspecified atom stereocenters. The number of hydrogen-bond acceptors (Lipinski definition) is 8. The van der Waals surface area contributed by atoms with Gasteiger partial charge in [-0.1, -0.05) is 24.3 Å². The minimum Gasteiger partial charge on any atom is -0.508 e. The van der Waals surface area contributed by atoms with Crippen LogP contribution < -0.4 is 4.74 Å². The number of furan rings is 1. The van der Waals surface area contributed by atoms with Gasteiger partial charge < -0.3 is 29.0 Å². The third-order valence-corrected chi connectivity index (χ3v) is 6.45. The summed E-state index contributed by atoms with van der Waals surface area (Å²) < 4.78 is 16.5. The van der Waals surface area contributed by atoms with Gasteiger partial charge in [0.1, 0.15) is 5.75 Å². The molecule has 0 radical (unpaired) electrons. The van der Waals surface area contributed by atoms with Crippen molar-refractivity contribution in [2.24, 2.45) is 0 Å². The molecule has 3 heterocycles. The van der Waals surface area contributed by atoms with Crippen LogP contribution in [0.25, 0.3) is 11.0 Å². The highest BCUT2D eigenvalue weighted by Crippen LogP contribution is 2.40. The highest BCUT2D eigenvalue weighted by molar-refractivity contribution is 6.16. The Labute approximate surface area is 201 Å². The van der Waals surface area contributed by atoms with Gasteiger partial charge in [-0.2, -0.15) is 0 Å². The number of methoxy groups -OCH3 is 1. The van der Waals surface area contributed by atoms with Crippen LogP contribution >= 0.6 is 0 Å². The van der Waals surface area contributed by atoms with Gasteiger partial charge in [0.2, 0.25) is 5.78 Å². The lowest BCUT2D eigenvalue weighted by atomic mass is 9.95. The number of ketones is 1. The van der Waals surface area contributed by atoms with Crippen molar-refractivity contribution in [3.63, 3.8) is 0 Å². The number of aromatic hydroxyl groups is 1. The largest absolute Gasteiger partial charge is 0.508 e. The third kappa shape index (κ3) is 4.24. The molecule has 1 atom stereocenters. The van der Waals surface area contributed by atoms with Gasteiger partial charge in [0.15, 0.2) is 22.9 Å². The molecule has 9 nitrogen and oxygen atoms in total. The zero-order valence-corrected chi connectivity index (χ0v) is 19.3. The second-order valence-corrected chi connectivity index (χ2v) is 8.53. The Morgan fingerprint density at radius 3 is 2.60 bits per heavy atom. The van der Waals surface area contributed by atoms with Gasteiger partial charge in [0, 0.05) is 31.6 Å². The maximum atomic E-state index is 13.7. The summed E-state index contributed by atoms with van der Waals surface area (Å²) in [4.78, 5) is 30.5. The number of aliphatic hydroxyl groups excluding tert-OH is 1. The van der Waals surface area contributed by atoms with E-state index in [0.29, 0.717) is 42.0 Å². The molecule has 2 aliphatic rings. The van der Waals surface area contributed by atoms with Gasteiger partial charge in [0.05, 0.1) is 31.9 Å². The number of Topliss-reactive ketones (excluding diaryl/α,β-unsaturated/α-hetero) is 1. The van der Waals surface area contributed by atoms with Crippen molar-refractivity contribution in [1.29, 1.82) is 0 Å². The monoisotopic (exact) mass is 478 g/mol. The fourth-order valence-electron chi connectivity index (χ4n) is 4.67. The Hall–Kier alpha value is -3.82. The molecule has 9 heteroatoms. The Balaban J connectivity index is 1.52. The average Bonchev–Trinajstić information content (AvgIpc) is 3.42. The van der Waals surface area contributed by atoms with Crippen LogP contribution in [-0.2, 0) is 9.53 Å². The number of morpholine rings is 1. The number of ether oxygens (including phenoxy) is 2. The number of para-hydroxylation sites is 1. The van der Waals surface area contributed by atoms with E-state index >= 15 is 0 Å². The molecule has 1 aromatic heterocycles. The van der Waals surface area contributed by atoms with Crippen molar-refractivity contribution < 1.29 is 33.7 Å². The van der Waals surface area contributed by atoms with Crippen molar-refractivity contribution in [1.82, 2.24) is 9.80 Å². The molecule has 0 aliphatic carbocycles. The van der Waals surface area contributed by atoms with Gasteiger partial charge in [-0.3, -0.25) is 14.5 Å². The van der Waals surface area contributed by atoms with Crippen molar-refractivity contribution in [3.05, 3.63) is 71.2 Å². The summed E-state index contributed by atoms with van der Waals surface area (Å²) in [6.45, 7) is 3.56. The lowest BCUT2D eigenvalue weighted by molar-refractivity contribution is -0.129. The molecular formula is C26H26N2O7. The summed E-state index contributed by atoms with van der Waals surface area (Å²) in [6.07, 6.45) is 0. The molecule has 1 fully saturated rings. The van der Waals surface area contributed by atoms with E-state index in [-0.39, 0.29) is 23.6 Å². The van der Waals surface area contributed by atoms with E-state index in [9.17, 15) is 19.8 Å². The molecule has 35 heavy (non-hydrogen) atoms. The van der Waals surface area contributed by atoms with Crippen LogP contribution in [0.4, 0.5) is 0 Å². The van der Waals surface area contributed by atoms with Gasteiger partial charge >= 0.3 is 0 Å². The van der Waals surface area contributed by atoms with Crippen LogP contribution in [0.15, 0.2) is 64.3 Å². The summed E-state index contributed by atoms with van der Waals surface area (Å²) in [5.41, 5.74) is 0.836. The summed E-state index contributed by atoms with van der Waals surface area (Å²) in [6, 6.07) is 12.3. The lowest BCUT2D eigenvalue weighted by Gasteiger charge is -2.31. The third-order valence-electron chi connectivity index (χ3n) is 6.45. The number of carbonyl (C=O) groups excluding carboxylic acids is 2. The van der Waals surface area contributed by atoms with E-state index < -0.39 is 23.5 Å². The predicted molar refractivity (Wildman–Crippen MR) is 127 cm³/mol. The first kappa shape index (κ1) is 22.9. The van der Waals surface area contributed by atoms with E-state index in [0.717, 1.165) is 13.1 Å². The molecular weight excluding hydrogens is 452 g/mol. The van der Waals surface area contributed by atoms with Crippen molar-refractivity contribution in [3.8, 4) is 11.5 Å². The molecule has 5 rings (SSSR count). The highest BCUT2D eigenvalue weighted by Gasteiger charge is 2.44. The lowest BCUT2D eigenvalue weighted by Crippen LogP contribution is -2.43. The highest BCUT2D eigenvalue weighted by atomic mass is 16.5. The van der Waals surface area contributed by atoms with Gasteiger partial charge in [-0.15, -0.1) is 0 Å². The zero-order chi connectivity index (χ0) is 24.5. The van der Waals surface area contributed by atoms with Gasteiger partial charge in [0.25, 0.3) is 5.91 Å². The summed E-state index contributed by atoms with van der Waals surface area (Å²) in [5.74, 6) is -1.40. The zero-order valence-electron chi connectivity index (χ0n) is 19.3. The summed E-state index contributed by atoms with van der Waals surface area (Å²) in [7, 11) is 1.51. The van der Waals surface area contributed by atoms with Crippen molar-refractivity contribution in [2.45, 2.75) is 6.04 Å². The quantitative estimate of drug-likeness (QED) is 0.499. The first-order valence-corrected chi connectivity index (χ1v) is 11.4. The molecule has 1 amide bonds. The molecule has 2 N–H and O–H groups in total. The van der Waals surface area contributed by atoms with Crippen molar-refractivity contribution >= 4 is 22.7 Å². The number of phenols is 1. The SMILES string of the molecule is COc1cccc2cc(C(=O)C3=C(O)C(=O)N(CCN4CCOCC4)C3c3cccc(O)c3)oc12. The van der Waals surface area contributed by atoms with Crippen molar-refractivity contribution in [2.75, 3.05) is 46.5 Å². The smallest absolute Gasteiger partial charge is 0.290 e. The molecule has 0 spiro atoms. The average molecular weight is 479 g/mol. The van der Waals surface area contributed by atoms with Crippen LogP contribution in [0, 0.1) is 0 Å². The van der Waals surface area contributed by atoms with Crippen LogP contribution in [0.2, 0.25) is 0 Å². The number of benzene rings is 2. The van der Waals surface area contributed by atoms with Crippen LogP contribution in [0.5, 0.6) is 11.5 Å². The Bertz CT molecular complexity index is 1310. The number of phenolic OH excluding ortho intramolecular Hbond substituents is 1. The second kappa shape index (κ2) is 9.44. The van der Waals surface area contributed by atoms with E-state index in [1.54, 1.807) is 36.4 Å². The summed E-state index contributed by atoms with van der Waals surface area (Å²) >= 11 is 0. The van der Waals surface area contributed by atoms with E-state index in [2.05, 4.69) is 4.90 Å². The first-order chi connectivity index (χ1) is 17.0. The predicted octanol–water partition coefficient (Wildman–Crippen LogP) is 3.06. The molecule has 3 aromatic rings. The summed E-state index contributed by atoms with van der Waals surface area (Å²) in [5, 5.41) is 21.6. The molecule has 0 bridgehead atoms. The molecule has 182 valence electrons. The number of amides is 1. The number of nitrogens with zero attached hydrogens (tertiary/aromatic N) is 2. The van der Waals surface area contributed by atoms with E-state index in [4.69, 9.17) is 13.9 Å². The van der Waals surface area contributed by atoms with Gasteiger partial charge in [-0.25, -0.2) is 0 Å². The maximum Gasteiger partial charge on any atom is 0.290 e. The molecule has 1 saturated heterocycles. The van der Waals surface area contributed by atoms with Gasteiger partial charge in [-0.05, 0) is 29.8 Å². The topological polar surface area (TPSA) is 113 Å². The Morgan fingerprint density at radius 2 is 1.86 bits per heavy atom. The fraction of sp³-hybridized carbons (Fsp3) is 0.308. The number of hydrogen-bond donors (Lipinski definition) is 2. The number of fused-ring (bicyclic) bond motifs is 1. The maximum absolute atomic E-state index is 13.7. The Kier molecular flexibility index (Phi) is 6.19. The minimum absolute atomic E-state index is 0.00487. The van der Waals surface area contributed by atoms with Crippen LogP contribution in [-0.4, -0.2) is 78.2 Å². The molecule has 2 aliphatic heterocycles. The Morgan fingerprint density at radius 1 is 1.09 bits per heavy atom. The molecule has 2 aromatic carbocycles. The molecule has 0 saturated carbocycles. The normalized spacial score (nSPS) is 19.1. The van der Waals surface area contributed by atoms with E-state index in [1.807, 2.05) is 0 Å². The first-order valence-electron chi connectivity index (χ1n) is 11.4. The fourth-order valence-corrected chi connectivity index (χ4v) is 4.67. The minimum atomic E-state index is -0.877. The van der Waals surface area contributed by atoms with Crippen LogP contribution in [0.1, 0.15) is 22.2 Å². The second-order valence-electron chi connectivity index (χ2n) is 8.53. The number of rotatable bonds is 7. The number of aliphatic hydroxyl groups is 1. The van der Waals surface area contributed by atoms with E-state index in [1.165, 1.54) is 24.1 Å². The van der Waals surface area contributed by atoms with Crippen LogP contribution in [0.3, 0.4) is 0 Å². The number of carbonyl (C=O) groups is 2.